The third-order valence-corrected chi connectivity index (χ3v) is 12.9. The van der Waals surface area contributed by atoms with Gasteiger partial charge in [0.1, 0.15) is 6.61 Å². The lowest BCUT2D eigenvalue weighted by atomic mass is 10.0. The van der Waals surface area contributed by atoms with E-state index in [-0.39, 0.29) is 38.6 Å². The molecule has 0 aliphatic carbocycles. The van der Waals surface area contributed by atoms with Crippen molar-refractivity contribution in [3.8, 4) is 0 Å². The van der Waals surface area contributed by atoms with Crippen LogP contribution in [0.25, 0.3) is 0 Å². The summed E-state index contributed by atoms with van der Waals surface area (Å²) in [6.45, 7) is 3.79. The molecule has 2 unspecified atom stereocenters. The highest BCUT2D eigenvalue weighted by Gasteiger charge is 2.26. The molecule has 0 spiro atoms. The number of phosphoric ester groups is 1. The minimum absolute atomic E-state index is 0.0563. The van der Waals surface area contributed by atoms with E-state index in [0.29, 0.717) is 6.42 Å². The average molecular weight is 900 g/mol. The summed E-state index contributed by atoms with van der Waals surface area (Å²) in [5, 5.41) is 0. The Morgan fingerprint density at radius 1 is 0.468 bits per heavy atom. The molecule has 9 nitrogen and oxygen atoms in total. The molecule has 2 atom stereocenters. The Labute approximate surface area is 383 Å². The van der Waals surface area contributed by atoms with Gasteiger partial charge in [-0.25, -0.2) is 4.57 Å². The van der Waals surface area contributed by atoms with Gasteiger partial charge in [-0.05, 0) is 38.5 Å². The normalized spacial score (nSPS) is 13.2. The Bertz CT molecular complexity index is 1030. The Kier molecular flexibility index (Phi) is 48.2. The van der Waals surface area contributed by atoms with Crippen molar-refractivity contribution in [2.75, 3.05) is 26.4 Å². The average Bonchev–Trinajstić information content (AvgIpc) is 3.26. The minimum Gasteiger partial charge on any atom is -0.462 e. The van der Waals surface area contributed by atoms with E-state index >= 15 is 0 Å². The Balaban J connectivity index is 3.98. The highest BCUT2D eigenvalue weighted by Crippen LogP contribution is 2.43. The van der Waals surface area contributed by atoms with Crippen molar-refractivity contribution in [1.29, 1.82) is 0 Å². The van der Waals surface area contributed by atoms with Crippen LogP contribution in [0, 0.1) is 0 Å². The highest BCUT2D eigenvalue weighted by atomic mass is 31.2. The van der Waals surface area contributed by atoms with Crippen LogP contribution in [0.15, 0.2) is 12.2 Å². The minimum atomic E-state index is -4.38. The van der Waals surface area contributed by atoms with Gasteiger partial charge in [0, 0.05) is 19.4 Å². The molecule has 0 aromatic rings. The van der Waals surface area contributed by atoms with Crippen molar-refractivity contribution in [3.63, 3.8) is 0 Å². The zero-order valence-electron chi connectivity index (χ0n) is 40.9. The fraction of sp³-hybridized carbons (Fsp3) is 0.923. The predicted octanol–water partition coefficient (Wildman–Crippen LogP) is 16.1. The third kappa shape index (κ3) is 48.2. The number of allylic oxidation sites excluding steroid dienone is 2. The molecular formula is C52H102NO8P. The van der Waals surface area contributed by atoms with E-state index in [1.54, 1.807) is 0 Å². The maximum absolute atomic E-state index is 12.7. The van der Waals surface area contributed by atoms with E-state index in [9.17, 15) is 19.0 Å². The molecule has 0 bridgehead atoms. The maximum Gasteiger partial charge on any atom is 0.472 e. The topological polar surface area (TPSA) is 134 Å². The van der Waals surface area contributed by atoms with Gasteiger partial charge in [-0.3, -0.25) is 18.6 Å². The van der Waals surface area contributed by atoms with E-state index < -0.39 is 26.5 Å². The van der Waals surface area contributed by atoms with Crippen LogP contribution in [0.2, 0.25) is 0 Å². The molecule has 62 heavy (non-hydrogen) atoms. The molecule has 0 aromatic heterocycles. The number of ether oxygens (including phenoxy) is 2. The van der Waals surface area contributed by atoms with E-state index in [2.05, 4.69) is 26.0 Å². The first-order valence-corrected chi connectivity index (χ1v) is 28.2. The summed E-state index contributed by atoms with van der Waals surface area (Å²) in [5.41, 5.74) is 5.37. The summed E-state index contributed by atoms with van der Waals surface area (Å²) in [7, 11) is -4.38. The fourth-order valence-electron chi connectivity index (χ4n) is 7.93. The monoisotopic (exact) mass is 900 g/mol. The number of hydrogen-bond donors (Lipinski definition) is 2. The highest BCUT2D eigenvalue weighted by molar-refractivity contribution is 7.47. The maximum atomic E-state index is 12.7. The molecule has 0 amide bonds. The van der Waals surface area contributed by atoms with Crippen LogP contribution in [0.4, 0.5) is 0 Å². The van der Waals surface area contributed by atoms with Crippen LogP contribution in [-0.2, 0) is 32.7 Å². The second-order valence-corrected chi connectivity index (χ2v) is 19.6. The number of rotatable bonds is 51. The lowest BCUT2D eigenvalue weighted by Crippen LogP contribution is -2.29. The number of carbonyl (C=O) groups excluding carboxylic acids is 2. The van der Waals surface area contributed by atoms with Crippen molar-refractivity contribution < 1.29 is 37.6 Å². The van der Waals surface area contributed by atoms with Gasteiger partial charge in [-0.1, -0.05) is 238 Å². The van der Waals surface area contributed by atoms with E-state index in [1.807, 2.05) is 0 Å². The summed E-state index contributed by atoms with van der Waals surface area (Å²) in [4.78, 5) is 35.1. The van der Waals surface area contributed by atoms with E-state index in [0.717, 1.165) is 38.5 Å². The second kappa shape index (κ2) is 49.2. The van der Waals surface area contributed by atoms with Gasteiger partial charge in [0.05, 0.1) is 13.2 Å². The first-order chi connectivity index (χ1) is 30.3. The quantitative estimate of drug-likeness (QED) is 0.0265. The van der Waals surface area contributed by atoms with Crippen LogP contribution in [0.1, 0.15) is 277 Å². The molecule has 0 saturated heterocycles. The first kappa shape index (κ1) is 60.8. The summed E-state index contributed by atoms with van der Waals surface area (Å²) < 4.78 is 33.0. The molecule has 0 radical (unpaired) electrons. The van der Waals surface area contributed by atoms with Crippen molar-refractivity contribution in [2.45, 2.75) is 283 Å². The lowest BCUT2D eigenvalue weighted by Gasteiger charge is -2.19. The summed E-state index contributed by atoms with van der Waals surface area (Å²) >= 11 is 0. The second-order valence-electron chi connectivity index (χ2n) is 18.1. The molecule has 0 heterocycles. The molecule has 0 fully saturated rings. The van der Waals surface area contributed by atoms with Gasteiger partial charge in [0.15, 0.2) is 6.10 Å². The number of hydrogen-bond acceptors (Lipinski definition) is 8. The summed E-state index contributed by atoms with van der Waals surface area (Å²) in [6.07, 6.45) is 54.0. The zero-order chi connectivity index (χ0) is 45.3. The number of unbranched alkanes of at least 4 members (excludes halogenated alkanes) is 36. The first-order valence-electron chi connectivity index (χ1n) is 26.7. The van der Waals surface area contributed by atoms with Gasteiger partial charge in [-0.15, -0.1) is 0 Å². The van der Waals surface area contributed by atoms with Gasteiger partial charge in [-0.2, -0.15) is 0 Å². The van der Waals surface area contributed by atoms with Gasteiger partial charge in [0.25, 0.3) is 0 Å². The number of esters is 2. The van der Waals surface area contributed by atoms with Crippen LogP contribution in [0.5, 0.6) is 0 Å². The SMILES string of the molecule is CCCCCCCC/C=C\CCCCCCCCCCCC(=O)OC(COC(=O)CCCCCCCCCCCCCCCCCCCCCCCC)COP(=O)(O)OCCN. The van der Waals surface area contributed by atoms with Crippen molar-refractivity contribution in [2.24, 2.45) is 5.73 Å². The largest absolute Gasteiger partial charge is 0.472 e. The number of nitrogens with two attached hydrogens (primary N) is 1. The molecule has 3 N–H and O–H groups in total. The summed E-state index contributed by atoms with van der Waals surface area (Å²) in [5.74, 6) is -0.813. The van der Waals surface area contributed by atoms with Crippen LogP contribution in [-0.4, -0.2) is 49.3 Å². The van der Waals surface area contributed by atoms with Gasteiger partial charge >= 0.3 is 19.8 Å². The zero-order valence-corrected chi connectivity index (χ0v) is 41.8. The lowest BCUT2D eigenvalue weighted by molar-refractivity contribution is -0.161. The molecule has 10 heteroatoms. The van der Waals surface area contributed by atoms with Gasteiger partial charge in [0.2, 0.25) is 0 Å². The van der Waals surface area contributed by atoms with E-state index in [1.165, 1.54) is 205 Å². The Hall–Kier alpha value is -1.25. The number of carbonyl (C=O) groups is 2. The predicted molar refractivity (Wildman–Crippen MR) is 261 cm³/mol. The van der Waals surface area contributed by atoms with Gasteiger partial charge < -0.3 is 20.1 Å². The molecule has 0 aliphatic heterocycles. The van der Waals surface area contributed by atoms with Crippen LogP contribution in [0.3, 0.4) is 0 Å². The molecule has 0 rings (SSSR count). The smallest absolute Gasteiger partial charge is 0.462 e. The van der Waals surface area contributed by atoms with E-state index in [4.69, 9.17) is 24.3 Å². The van der Waals surface area contributed by atoms with Crippen molar-refractivity contribution >= 4 is 19.8 Å². The standard InChI is InChI=1S/C52H102NO8P/c1-3-5-7-9-11-13-15-17-19-21-23-24-25-27-28-30-32-34-36-38-40-42-44-51(54)58-48-50(49-60-62(56,57)59-47-46-53)61-52(55)45-43-41-39-37-35-33-31-29-26-22-20-18-16-14-12-10-8-6-4-2/h18,20,50H,3-17,19,21-49,53H2,1-2H3,(H,56,57)/b20-18-. The molecule has 0 aliphatic rings. The Morgan fingerprint density at radius 2 is 0.790 bits per heavy atom. The molecular weight excluding hydrogens is 798 g/mol. The molecule has 0 aromatic carbocycles. The van der Waals surface area contributed by atoms with Crippen molar-refractivity contribution in [3.05, 3.63) is 12.2 Å². The number of phosphoric acid groups is 1. The molecule has 0 saturated carbocycles. The van der Waals surface area contributed by atoms with Crippen LogP contribution >= 0.6 is 7.82 Å². The third-order valence-electron chi connectivity index (χ3n) is 11.9. The van der Waals surface area contributed by atoms with Crippen LogP contribution < -0.4 is 5.73 Å². The summed E-state index contributed by atoms with van der Waals surface area (Å²) in [6, 6.07) is 0. The molecule has 368 valence electrons. The Morgan fingerprint density at radius 3 is 1.15 bits per heavy atom. The van der Waals surface area contributed by atoms with Crippen molar-refractivity contribution in [1.82, 2.24) is 0 Å². The fourth-order valence-corrected chi connectivity index (χ4v) is 8.69.